The Bertz CT molecular complexity index is 180. The van der Waals surface area contributed by atoms with E-state index in [-0.39, 0.29) is 0 Å². The second-order valence-electron chi connectivity index (χ2n) is 1.95. The molecule has 0 amide bonds. The number of epoxide rings is 1. The van der Waals surface area contributed by atoms with Gasteiger partial charge in [-0.05, 0) is 5.21 Å². The molecule has 5 nitrogen and oxygen atoms in total. The Morgan fingerprint density at radius 1 is 1.78 bits per heavy atom. The smallest absolute Gasteiger partial charge is 0.162 e. The molecular weight excluding hydrogens is 120 g/mol. The minimum Gasteiger partial charge on any atom is -0.371 e. The average Bonchev–Trinajstić information content (AvgIpc) is 2.46. The second kappa shape index (κ2) is 1.77. The minimum atomic E-state index is 0.333. The van der Waals surface area contributed by atoms with Crippen LogP contribution in [0.3, 0.4) is 0 Å². The van der Waals surface area contributed by atoms with E-state index in [9.17, 15) is 0 Å². The summed E-state index contributed by atoms with van der Waals surface area (Å²) in [5, 5.41) is 11.0. The highest BCUT2D eigenvalue weighted by atomic mass is 16.6. The standard InChI is InChI=1S/C4H6N4O/c1(4-2-9-4)8-6-3-5-7-8/h3-4H,1-2H2. The highest BCUT2D eigenvalue weighted by Gasteiger charge is 2.23. The Morgan fingerprint density at radius 2 is 2.67 bits per heavy atom. The Morgan fingerprint density at radius 3 is 3.22 bits per heavy atom. The van der Waals surface area contributed by atoms with E-state index in [0.29, 0.717) is 6.10 Å². The van der Waals surface area contributed by atoms with Gasteiger partial charge in [0.05, 0.1) is 13.2 Å². The Hall–Kier alpha value is -0.970. The summed E-state index contributed by atoms with van der Waals surface area (Å²) in [6.45, 7) is 1.57. The first-order valence-electron chi connectivity index (χ1n) is 2.77. The van der Waals surface area contributed by atoms with E-state index in [0.717, 1.165) is 13.2 Å². The second-order valence-corrected chi connectivity index (χ2v) is 1.95. The number of hydrogen-bond donors (Lipinski definition) is 0. The first-order valence-corrected chi connectivity index (χ1v) is 2.77. The van der Waals surface area contributed by atoms with Gasteiger partial charge in [-0.25, -0.2) is 0 Å². The molecular formula is C4H6N4O. The van der Waals surface area contributed by atoms with Crippen LogP contribution in [0.4, 0.5) is 0 Å². The van der Waals surface area contributed by atoms with Crippen LogP contribution in [-0.2, 0) is 11.3 Å². The monoisotopic (exact) mass is 126 g/mol. The van der Waals surface area contributed by atoms with Crippen LogP contribution in [0.2, 0.25) is 0 Å². The van der Waals surface area contributed by atoms with E-state index in [1.807, 2.05) is 0 Å². The van der Waals surface area contributed by atoms with Crippen molar-refractivity contribution >= 4 is 0 Å². The molecule has 2 rings (SSSR count). The molecule has 0 aliphatic carbocycles. The van der Waals surface area contributed by atoms with Gasteiger partial charge in [0.1, 0.15) is 6.10 Å². The zero-order valence-corrected chi connectivity index (χ0v) is 4.77. The van der Waals surface area contributed by atoms with Crippen molar-refractivity contribution < 1.29 is 4.74 Å². The van der Waals surface area contributed by atoms with Crippen molar-refractivity contribution in [3.63, 3.8) is 0 Å². The molecule has 0 saturated carbocycles. The van der Waals surface area contributed by atoms with E-state index in [4.69, 9.17) is 4.74 Å². The van der Waals surface area contributed by atoms with Crippen LogP contribution in [0.5, 0.6) is 0 Å². The van der Waals surface area contributed by atoms with Gasteiger partial charge in [0.15, 0.2) is 6.33 Å². The lowest BCUT2D eigenvalue weighted by Crippen LogP contribution is -2.07. The number of rotatable bonds is 2. The van der Waals surface area contributed by atoms with Crippen LogP contribution < -0.4 is 0 Å². The van der Waals surface area contributed by atoms with Gasteiger partial charge in [0.2, 0.25) is 0 Å². The fourth-order valence-electron chi connectivity index (χ4n) is 0.628. The van der Waals surface area contributed by atoms with Crippen molar-refractivity contribution in [3.05, 3.63) is 6.33 Å². The first-order chi connectivity index (χ1) is 4.45. The molecule has 1 aromatic rings. The molecule has 0 aromatic carbocycles. The first kappa shape index (κ1) is 4.87. The van der Waals surface area contributed by atoms with Gasteiger partial charge in [-0.15, -0.1) is 10.2 Å². The normalized spacial score (nSPS) is 24.2. The van der Waals surface area contributed by atoms with Gasteiger partial charge in [-0.3, -0.25) is 0 Å². The lowest BCUT2D eigenvalue weighted by molar-refractivity contribution is 0.357. The third-order valence-corrected chi connectivity index (χ3v) is 1.16. The average molecular weight is 126 g/mol. The summed E-state index contributed by atoms with van der Waals surface area (Å²) < 4.78 is 4.95. The molecule has 0 radical (unpaired) electrons. The molecule has 1 aliphatic rings. The third kappa shape index (κ3) is 1.05. The quantitative estimate of drug-likeness (QED) is 0.480. The number of hydrogen-bond acceptors (Lipinski definition) is 4. The molecule has 0 bridgehead atoms. The fourth-order valence-corrected chi connectivity index (χ4v) is 0.628. The topological polar surface area (TPSA) is 56.1 Å². The molecule has 1 fully saturated rings. The van der Waals surface area contributed by atoms with Crippen molar-refractivity contribution in [2.45, 2.75) is 12.6 Å². The predicted octanol–water partition coefficient (Wildman–Crippen LogP) is -0.928. The number of nitrogens with zero attached hydrogens (tertiary/aromatic N) is 4. The summed E-state index contributed by atoms with van der Waals surface area (Å²) in [5.41, 5.74) is 0. The predicted molar refractivity (Wildman–Crippen MR) is 27.6 cm³/mol. The number of aromatic nitrogens is 4. The van der Waals surface area contributed by atoms with Crippen molar-refractivity contribution in [3.8, 4) is 0 Å². The Labute approximate surface area is 51.6 Å². The number of ether oxygens (including phenoxy) is 1. The molecule has 2 heterocycles. The van der Waals surface area contributed by atoms with Gasteiger partial charge >= 0.3 is 0 Å². The van der Waals surface area contributed by atoms with E-state index in [1.54, 1.807) is 0 Å². The zero-order chi connectivity index (χ0) is 6.10. The highest BCUT2D eigenvalue weighted by Crippen LogP contribution is 2.09. The van der Waals surface area contributed by atoms with Crippen LogP contribution in [0.15, 0.2) is 6.33 Å². The van der Waals surface area contributed by atoms with Crippen molar-refractivity contribution in [1.82, 2.24) is 20.2 Å². The largest absolute Gasteiger partial charge is 0.371 e. The van der Waals surface area contributed by atoms with Crippen LogP contribution in [-0.4, -0.2) is 32.9 Å². The van der Waals surface area contributed by atoms with Gasteiger partial charge in [-0.2, -0.15) is 4.80 Å². The van der Waals surface area contributed by atoms with Crippen LogP contribution >= 0.6 is 0 Å². The minimum absolute atomic E-state index is 0.333. The molecule has 1 atom stereocenters. The molecule has 48 valence electrons. The van der Waals surface area contributed by atoms with Crippen molar-refractivity contribution in [2.24, 2.45) is 0 Å². The Balaban J connectivity index is 1.99. The van der Waals surface area contributed by atoms with Crippen molar-refractivity contribution in [2.75, 3.05) is 6.61 Å². The van der Waals surface area contributed by atoms with E-state index in [1.165, 1.54) is 11.1 Å². The summed E-state index contributed by atoms with van der Waals surface area (Å²) in [4.78, 5) is 1.53. The lowest BCUT2D eigenvalue weighted by atomic mass is 10.5. The highest BCUT2D eigenvalue weighted by molar-refractivity contribution is 4.66. The van der Waals surface area contributed by atoms with Crippen LogP contribution in [0.25, 0.3) is 0 Å². The maximum Gasteiger partial charge on any atom is 0.162 e. The lowest BCUT2D eigenvalue weighted by Gasteiger charge is -1.88. The maximum atomic E-state index is 4.95. The molecule has 1 aliphatic heterocycles. The van der Waals surface area contributed by atoms with Gasteiger partial charge < -0.3 is 4.74 Å². The molecule has 9 heavy (non-hydrogen) atoms. The van der Waals surface area contributed by atoms with Gasteiger partial charge in [-0.1, -0.05) is 0 Å². The SMILES string of the molecule is c1nnn(CC2CO2)n1. The van der Waals surface area contributed by atoms with Gasteiger partial charge in [0.25, 0.3) is 0 Å². The van der Waals surface area contributed by atoms with Crippen LogP contribution in [0.1, 0.15) is 0 Å². The third-order valence-electron chi connectivity index (χ3n) is 1.16. The summed E-state index contributed by atoms with van der Waals surface area (Å²) in [5.74, 6) is 0. The molecule has 0 N–H and O–H groups in total. The van der Waals surface area contributed by atoms with Crippen molar-refractivity contribution in [1.29, 1.82) is 0 Å². The van der Waals surface area contributed by atoms with Gasteiger partial charge in [0, 0.05) is 0 Å². The summed E-state index contributed by atoms with van der Waals surface area (Å²) in [7, 11) is 0. The van der Waals surface area contributed by atoms with E-state index in [2.05, 4.69) is 15.4 Å². The number of tetrazole rings is 1. The summed E-state index contributed by atoms with van der Waals surface area (Å²) in [6.07, 6.45) is 1.75. The Kier molecular flexibility index (Phi) is 0.955. The molecule has 1 unspecified atom stereocenters. The molecule has 1 aromatic heterocycles. The summed E-state index contributed by atoms with van der Waals surface area (Å²) >= 11 is 0. The summed E-state index contributed by atoms with van der Waals surface area (Å²) in [6, 6.07) is 0. The fraction of sp³-hybridized carbons (Fsp3) is 0.750. The zero-order valence-electron chi connectivity index (χ0n) is 4.77. The molecule has 0 spiro atoms. The van der Waals surface area contributed by atoms with E-state index >= 15 is 0 Å². The maximum absolute atomic E-state index is 4.95. The molecule has 1 saturated heterocycles. The molecule has 5 heteroatoms. The van der Waals surface area contributed by atoms with E-state index < -0.39 is 0 Å². The van der Waals surface area contributed by atoms with Crippen LogP contribution in [0, 0.1) is 0 Å².